The van der Waals surface area contributed by atoms with Crippen molar-refractivity contribution < 1.29 is 5.11 Å². The molecular weight excluding hydrogens is 252 g/mol. The zero-order valence-corrected chi connectivity index (χ0v) is 13.5. The summed E-state index contributed by atoms with van der Waals surface area (Å²) in [4.78, 5) is 8.85. The summed E-state index contributed by atoms with van der Waals surface area (Å²) in [6.07, 6.45) is 0.665. The van der Waals surface area contributed by atoms with E-state index in [9.17, 15) is 5.11 Å². The van der Waals surface area contributed by atoms with E-state index in [0.29, 0.717) is 12.2 Å². The van der Waals surface area contributed by atoms with Gasteiger partial charge in [-0.25, -0.2) is 9.97 Å². The number of aliphatic hydroxyl groups excluding tert-OH is 1. The number of hydrogen-bond donors (Lipinski definition) is 3. The van der Waals surface area contributed by atoms with E-state index in [1.165, 1.54) is 0 Å². The lowest BCUT2D eigenvalue weighted by Gasteiger charge is -2.32. The third-order valence-electron chi connectivity index (χ3n) is 3.20. The molecule has 4 N–H and O–H groups in total. The minimum atomic E-state index is -0.153. The van der Waals surface area contributed by atoms with Crippen LogP contribution in [0.3, 0.4) is 0 Å². The van der Waals surface area contributed by atoms with Gasteiger partial charge in [0.05, 0.1) is 0 Å². The third-order valence-corrected chi connectivity index (χ3v) is 3.20. The molecule has 0 amide bonds. The molecule has 0 fully saturated rings. The first-order chi connectivity index (χ1) is 9.04. The van der Waals surface area contributed by atoms with Crippen molar-refractivity contribution in [2.45, 2.75) is 59.4 Å². The van der Waals surface area contributed by atoms with Gasteiger partial charge in [-0.3, -0.25) is 0 Å². The van der Waals surface area contributed by atoms with Gasteiger partial charge in [-0.15, -0.1) is 0 Å². The van der Waals surface area contributed by atoms with Crippen molar-refractivity contribution in [1.29, 1.82) is 0 Å². The smallest absolute Gasteiger partial charge is 0.138 e. The van der Waals surface area contributed by atoms with Crippen molar-refractivity contribution in [3.05, 3.63) is 11.9 Å². The highest BCUT2D eigenvalue weighted by Crippen LogP contribution is 2.27. The van der Waals surface area contributed by atoms with Crippen LogP contribution in [-0.2, 0) is 5.41 Å². The number of aliphatic hydroxyl groups is 1. The molecule has 1 heterocycles. The van der Waals surface area contributed by atoms with Gasteiger partial charge in [-0.2, -0.15) is 0 Å². The Kier molecular flexibility index (Phi) is 4.97. The largest absolute Gasteiger partial charge is 0.396 e. The van der Waals surface area contributed by atoms with Crippen LogP contribution in [0, 0.1) is 5.41 Å². The molecule has 114 valence electrons. The first-order valence-electron chi connectivity index (χ1n) is 7.06. The van der Waals surface area contributed by atoms with Gasteiger partial charge in [0, 0.05) is 24.1 Å². The molecule has 1 unspecified atom stereocenters. The normalized spacial score (nSPS) is 14.2. The standard InChI is InChI=1S/C15H28N4O/c1-14(2,3)10(7-8-20)17-12-9-11(16)18-13(19-12)15(4,5)6/h9-10,20H,7-8H2,1-6H3,(H3,16,17,18,19). The maximum absolute atomic E-state index is 9.22. The fraction of sp³-hybridized carbons (Fsp3) is 0.733. The molecule has 0 spiro atoms. The summed E-state index contributed by atoms with van der Waals surface area (Å²) in [6.45, 7) is 12.7. The Morgan fingerprint density at radius 3 is 2.25 bits per heavy atom. The number of nitrogen functional groups attached to an aromatic ring is 1. The molecule has 20 heavy (non-hydrogen) atoms. The Morgan fingerprint density at radius 1 is 1.20 bits per heavy atom. The summed E-state index contributed by atoms with van der Waals surface area (Å²) < 4.78 is 0. The molecule has 1 aromatic heterocycles. The number of aromatic nitrogens is 2. The molecule has 1 aromatic rings. The second-order valence-electron chi connectivity index (χ2n) is 7.33. The fourth-order valence-corrected chi connectivity index (χ4v) is 1.90. The van der Waals surface area contributed by atoms with Gasteiger partial charge < -0.3 is 16.2 Å². The highest BCUT2D eigenvalue weighted by molar-refractivity contribution is 5.46. The molecule has 0 bridgehead atoms. The van der Waals surface area contributed by atoms with Crippen LogP contribution < -0.4 is 11.1 Å². The van der Waals surface area contributed by atoms with Crippen LogP contribution in [-0.4, -0.2) is 27.7 Å². The van der Waals surface area contributed by atoms with Gasteiger partial charge in [0.2, 0.25) is 0 Å². The van der Waals surface area contributed by atoms with E-state index >= 15 is 0 Å². The number of hydrogen-bond acceptors (Lipinski definition) is 5. The van der Waals surface area contributed by atoms with Crippen LogP contribution >= 0.6 is 0 Å². The molecule has 5 nitrogen and oxygen atoms in total. The molecule has 1 rings (SSSR count). The predicted octanol–water partition coefficient (Wildman–Crippen LogP) is 2.57. The van der Waals surface area contributed by atoms with E-state index in [0.717, 1.165) is 11.6 Å². The monoisotopic (exact) mass is 280 g/mol. The van der Waals surface area contributed by atoms with E-state index in [1.54, 1.807) is 6.07 Å². The highest BCUT2D eigenvalue weighted by Gasteiger charge is 2.25. The molecule has 1 atom stereocenters. The van der Waals surface area contributed by atoms with E-state index < -0.39 is 0 Å². The average Bonchev–Trinajstić information content (AvgIpc) is 2.25. The molecule has 0 radical (unpaired) electrons. The molecule has 0 aliphatic carbocycles. The van der Waals surface area contributed by atoms with Crippen molar-refractivity contribution in [1.82, 2.24) is 9.97 Å². The van der Waals surface area contributed by atoms with Crippen LogP contribution in [0.4, 0.5) is 11.6 Å². The first-order valence-corrected chi connectivity index (χ1v) is 7.06. The third kappa shape index (κ3) is 4.63. The minimum absolute atomic E-state index is 0.0182. The lowest BCUT2D eigenvalue weighted by Crippen LogP contribution is -2.35. The Morgan fingerprint density at radius 2 is 1.80 bits per heavy atom. The maximum Gasteiger partial charge on any atom is 0.138 e. The van der Waals surface area contributed by atoms with Gasteiger partial charge in [0.25, 0.3) is 0 Å². The summed E-state index contributed by atoms with van der Waals surface area (Å²) >= 11 is 0. The lowest BCUT2D eigenvalue weighted by atomic mass is 9.85. The second-order valence-corrected chi connectivity index (χ2v) is 7.33. The molecule has 0 saturated carbocycles. The Bertz CT molecular complexity index is 446. The Hall–Kier alpha value is -1.36. The SMILES string of the molecule is CC(C)(C)c1nc(N)cc(NC(CCO)C(C)(C)C)n1. The minimum Gasteiger partial charge on any atom is -0.396 e. The van der Waals surface area contributed by atoms with Crippen LogP contribution in [0.15, 0.2) is 6.07 Å². The zero-order valence-electron chi connectivity index (χ0n) is 13.5. The van der Waals surface area contributed by atoms with Crippen molar-refractivity contribution in [2.75, 3.05) is 17.7 Å². The van der Waals surface area contributed by atoms with E-state index in [4.69, 9.17) is 5.73 Å². The van der Waals surface area contributed by atoms with Gasteiger partial charge >= 0.3 is 0 Å². The topological polar surface area (TPSA) is 84.1 Å². The number of nitrogens with two attached hydrogens (primary N) is 1. The molecule has 5 heteroatoms. The summed E-state index contributed by atoms with van der Waals surface area (Å²) in [7, 11) is 0. The predicted molar refractivity (Wildman–Crippen MR) is 83.7 cm³/mol. The van der Waals surface area contributed by atoms with Gasteiger partial charge in [0.1, 0.15) is 17.5 Å². The zero-order chi connectivity index (χ0) is 15.6. The summed E-state index contributed by atoms with van der Waals surface area (Å²) in [5.41, 5.74) is 5.74. The Balaban J connectivity index is 3.04. The second kappa shape index (κ2) is 5.95. The fourth-order valence-electron chi connectivity index (χ4n) is 1.90. The molecule has 0 aromatic carbocycles. The van der Waals surface area contributed by atoms with Crippen LogP contribution in [0.2, 0.25) is 0 Å². The number of nitrogens with zero attached hydrogens (tertiary/aromatic N) is 2. The maximum atomic E-state index is 9.22. The van der Waals surface area contributed by atoms with Crippen molar-refractivity contribution in [3.63, 3.8) is 0 Å². The van der Waals surface area contributed by atoms with Gasteiger partial charge in [0.15, 0.2) is 0 Å². The lowest BCUT2D eigenvalue weighted by molar-refractivity contribution is 0.235. The number of nitrogens with one attached hydrogen (secondary N) is 1. The first kappa shape index (κ1) is 16.7. The summed E-state index contributed by atoms with van der Waals surface area (Å²) in [5, 5.41) is 12.6. The summed E-state index contributed by atoms with van der Waals surface area (Å²) in [5.74, 6) is 1.90. The summed E-state index contributed by atoms with van der Waals surface area (Å²) in [6, 6.07) is 1.86. The average molecular weight is 280 g/mol. The van der Waals surface area contributed by atoms with E-state index in [2.05, 4.69) is 56.8 Å². The van der Waals surface area contributed by atoms with Crippen molar-refractivity contribution >= 4 is 11.6 Å². The molecule has 0 aliphatic rings. The van der Waals surface area contributed by atoms with E-state index in [1.807, 2.05) is 0 Å². The molecular formula is C15H28N4O. The van der Waals surface area contributed by atoms with Gasteiger partial charge in [-0.1, -0.05) is 41.5 Å². The quantitative estimate of drug-likeness (QED) is 0.789. The van der Waals surface area contributed by atoms with Crippen molar-refractivity contribution in [2.24, 2.45) is 5.41 Å². The van der Waals surface area contributed by atoms with E-state index in [-0.39, 0.29) is 23.5 Å². The molecule has 0 saturated heterocycles. The van der Waals surface area contributed by atoms with Crippen LogP contribution in [0.25, 0.3) is 0 Å². The number of rotatable bonds is 4. The Labute approximate surface area is 122 Å². The molecule has 0 aliphatic heterocycles. The van der Waals surface area contributed by atoms with Crippen molar-refractivity contribution in [3.8, 4) is 0 Å². The highest BCUT2D eigenvalue weighted by atomic mass is 16.3. The van der Waals surface area contributed by atoms with Crippen LogP contribution in [0.1, 0.15) is 53.8 Å². The van der Waals surface area contributed by atoms with Crippen LogP contribution in [0.5, 0.6) is 0 Å². The van der Waals surface area contributed by atoms with Gasteiger partial charge in [-0.05, 0) is 11.8 Å². The number of anilines is 2.